The fourth-order valence-corrected chi connectivity index (χ4v) is 5.09. The highest BCUT2D eigenvalue weighted by Gasteiger charge is 2.55. The molecule has 7 nitrogen and oxygen atoms in total. The lowest BCUT2D eigenvalue weighted by molar-refractivity contribution is 0.0596. The van der Waals surface area contributed by atoms with Crippen molar-refractivity contribution in [1.29, 1.82) is 0 Å². The molecule has 0 unspecified atom stereocenters. The summed E-state index contributed by atoms with van der Waals surface area (Å²) < 4.78 is 42.9. The summed E-state index contributed by atoms with van der Waals surface area (Å²) in [6.07, 6.45) is 3.44. The van der Waals surface area contributed by atoms with E-state index in [2.05, 4.69) is 15.4 Å². The molecule has 33 heavy (non-hydrogen) atoms. The predicted octanol–water partition coefficient (Wildman–Crippen LogP) is 4.10. The second-order valence-electron chi connectivity index (χ2n) is 8.77. The molecule has 0 bridgehead atoms. The van der Waals surface area contributed by atoms with E-state index in [0.717, 1.165) is 31.3 Å². The first-order chi connectivity index (χ1) is 15.7. The van der Waals surface area contributed by atoms with Crippen LogP contribution in [0.4, 0.5) is 30.4 Å². The Bertz CT molecular complexity index is 1250. The van der Waals surface area contributed by atoms with Crippen LogP contribution in [0.15, 0.2) is 30.6 Å². The van der Waals surface area contributed by atoms with Crippen LogP contribution < -0.4 is 16.0 Å². The Balaban J connectivity index is 1.30. The Morgan fingerprint density at radius 1 is 1.18 bits per heavy atom. The topological polar surface area (TPSA) is 89.1 Å². The van der Waals surface area contributed by atoms with Gasteiger partial charge in [-0.15, -0.1) is 0 Å². The zero-order valence-electron chi connectivity index (χ0n) is 17.6. The van der Waals surface area contributed by atoms with E-state index in [1.807, 2.05) is 0 Å². The number of amides is 1. The number of nitrogens with zero attached hydrogens (tertiary/aromatic N) is 4. The molecule has 1 aliphatic carbocycles. The number of rotatable bonds is 4. The molecule has 1 saturated heterocycles. The van der Waals surface area contributed by atoms with Gasteiger partial charge in [0.25, 0.3) is 5.91 Å². The van der Waals surface area contributed by atoms with E-state index in [1.54, 1.807) is 11.9 Å². The molecule has 3 aromatic rings. The molecule has 2 fully saturated rings. The fourth-order valence-electron chi connectivity index (χ4n) is 4.91. The van der Waals surface area contributed by atoms with Gasteiger partial charge in [0.1, 0.15) is 22.9 Å². The molecule has 1 amide bonds. The van der Waals surface area contributed by atoms with Crippen LogP contribution in [-0.2, 0) is 7.05 Å². The quantitative estimate of drug-likeness (QED) is 0.591. The van der Waals surface area contributed by atoms with E-state index < -0.39 is 23.4 Å². The minimum atomic E-state index is -0.682. The third-order valence-electron chi connectivity index (χ3n) is 6.47. The van der Waals surface area contributed by atoms with Gasteiger partial charge in [0, 0.05) is 37.2 Å². The van der Waals surface area contributed by atoms with E-state index in [0.29, 0.717) is 24.5 Å². The van der Waals surface area contributed by atoms with Crippen molar-refractivity contribution in [2.45, 2.75) is 18.8 Å². The normalized spacial score (nSPS) is 17.1. The third kappa shape index (κ3) is 3.58. The number of nitrogens with two attached hydrogens (primary N) is 1. The lowest BCUT2D eigenvalue weighted by Crippen LogP contribution is -2.62. The molecular weight excluding hydrogens is 457 g/mol. The van der Waals surface area contributed by atoms with Gasteiger partial charge in [0.05, 0.1) is 23.1 Å². The maximum atomic E-state index is 14.0. The number of pyridine rings is 1. The molecule has 3 N–H and O–H groups in total. The highest BCUT2D eigenvalue weighted by molar-refractivity contribution is 6.31. The lowest BCUT2D eigenvalue weighted by Gasteiger charge is -2.59. The molecule has 0 radical (unpaired) electrons. The Hall–Kier alpha value is -3.27. The van der Waals surface area contributed by atoms with E-state index in [9.17, 15) is 18.0 Å². The molecule has 2 aromatic heterocycles. The Morgan fingerprint density at radius 3 is 2.48 bits per heavy atom. The Morgan fingerprint density at radius 2 is 1.85 bits per heavy atom. The summed E-state index contributed by atoms with van der Waals surface area (Å²) in [6, 6.07) is 3.89. The summed E-state index contributed by atoms with van der Waals surface area (Å²) >= 11 is 5.80. The number of halogens is 4. The zero-order valence-corrected chi connectivity index (χ0v) is 18.3. The van der Waals surface area contributed by atoms with Crippen LogP contribution in [0.25, 0.3) is 0 Å². The summed E-state index contributed by atoms with van der Waals surface area (Å²) in [7, 11) is 1.65. The maximum absolute atomic E-state index is 14.0. The number of nitrogen functional groups attached to an aromatic ring is 1. The molecule has 1 aliphatic heterocycles. The van der Waals surface area contributed by atoms with Crippen molar-refractivity contribution in [3.8, 4) is 0 Å². The van der Waals surface area contributed by atoms with Crippen LogP contribution in [0.5, 0.6) is 0 Å². The maximum Gasteiger partial charge on any atom is 0.261 e. The molecule has 2 aliphatic rings. The van der Waals surface area contributed by atoms with Crippen molar-refractivity contribution < 1.29 is 18.0 Å². The van der Waals surface area contributed by atoms with Crippen molar-refractivity contribution in [2.75, 3.05) is 29.0 Å². The number of nitrogens with one attached hydrogen (secondary N) is 1. The van der Waals surface area contributed by atoms with Crippen LogP contribution >= 0.6 is 11.6 Å². The van der Waals surface area contributed by atoms with Crippen LogP contribution in [0.1, 0.15) is 34.8 Å². The SMILES string of the molecule is Cn1nc(C2CC3(C2)CN(c2c(F)cncc2F)C3)c(C(=O)Nc2ccc(F)c(Cl)c2)c1N. The largest absolute Gasteiger partial charge is 0.383 e. The van der Waals surface area contributed by atoms with Crippen molar-refractivity contribution in [3.05, 3.63) is 64.3 Å². The van der Waals surface area contributed by atoms with Crippen LogP contribution in [0.2, 0.25) is 5.02 Å². The van der Waals surface area contributed by atoms with E-state index in [1.165, 1.54) is 16.8 Å². The van der Waals surface area contributed by atoms with Gasteiger partial charge in [-0.25, -0.2) is 13.2 Å². The highest BCUT2D eigenvalue weighted by atomic mass is 35.5. The molecule has 1 aromatic carbocycles. The van der Waals surface area contributed by atoms with Gasteiger partial charge in [0.2, 0.25) is 0 Å². The molecule has 1 saturated carbocycles. The second kappa shape index (κ2) is 7.65. The minimum absolute atomic E-state index is 0.0136. The third-order valence-corrected chi connectivity index (χ3v) is 6.76. The molecule has 11 heteroatoms. The van der Waals surface area contributed by atoms with E-state index in [-0.39, 0.29) is 33.4 Å². The number of aromatic nitrogens is 3. The summed E-state index contributed by atoms with van der Waals surface area (Å²) in [5, 5.41) is 7.04. The highest BCUT2D eigenvalue weighted by Crippen LogP contribution is 2.57. The summed E-state index contributed by atoms with van der Waals surface area (Å²) in [5.74, 6) is -2.21. The first-order valence-corrected chi connectivity index (χ1v) is 10.7. The number of hydrogen-bond donors (Lipinski definition) is 2. The Labute approximate surface area is 192 Å². The number of benzene rings is 1. The van der Waals surface area contributed by atoms with E-state index in [4.69, 9.17) is 17.3 Å². The average molecular weight is 477 g/mol. The van der Waals surface area contributed by atoms with Crippen molar-refractivity contribution in [2.24, 2.45) is 12.5 Å². The second-order valence-corrected chi connectivity index (χ2v) is 9.17. The first-order valence-electron chi connectivity index (χ1n) is 10.3. The smallest absolute Gasteiger partial charge is 0.261 e. The van der Waals surface area contributed by atoms with Crippen molar-refractivity contribution >= 4 is 34.7 Å². The van der Waals surface area contributed by atoms with Crippen LogP contribution in [0.3, 0.4) is 0 Å². The first kappa shape index (κ1) is 21.6. The van der Waals surface area contributed by atoms with Gasteiger partial charge in [-0.3, -0.25) is 14.5 Å². The van der Waals surface area contributed by atoms with Gasteiger partial charge in [0.15, 0.2) is 11.6 Å². The molecule has 5 rings (SSSR count). The van der Waals surface area contributed by atoms with Crippen molar-refractivity contribution in [3.63, 3.8) is 0 Å². The van der Waals surface area contributed by atoms with Gasteiger partial charge in [-0.2, -0.15) is 5.10 Å². The monoisotopic (exact) mass is 476 g/mol. The average Bonchev–Trinajstić information content (AvgIpc) is 2.99. The number of anilines is 3. The van der Waals surface area contributed by atoms with E-state index >= 15 is 0 Å². The van der Waals surface area contributed by atoms with Crippen LogP contribution in [-0.4, -0.2) is 33.8 Å². The predicted molar refractivity (Wildman–Crippen MR) is 118 cm³/mol. The van der Waals surface area contributed by atoms with Gasteiger partial charge >= 0.3 is 0 Å². The fraction of sp³-hybridized carbons (Fsp3) is 0.318. The lowest BCUT2D eigenvalue weighted by atomic mass is 9.56. The van der Waals surface area contributed by atoms with Gasteiger partial charge in [-0.05, 0) is 31.0 Å². The molecule has 172 valence electrons. The summed E-state index contributed by atoms with van der Waals surface area (Å²) in [6.45, 7) is 1.03. The number of hydrogen-bond acceptors (Lipinski definition) is 5. The molecule has 3 heterocycles. The van der Waals surface area contributed by atoms with Crippen molar-refractivity contribution in [1.82, 2.24) is 14.8 Å². The number of aryl methyl sites for hydroxylation is 1. The standard InChI is InChI=1S/C22H20ClF3N6O/c1-31-20(27)17(21(33)29-12-2-3-14(24)13(23)4-12)18(30-31)11-5-22(6-11)9-32(10-22)19-15(25)7-28-8-16(19)26/h2-4,7-8,11H,5-6,9-10,27H2,1H3,(H,29,33). The minimum Gasteiger partial charge on any atom is -0.383 e. The summed E-state index contributed by atoms with van der Waals surface area (Å²) in [4.78, 5) is 18.2. The summed E-state index contributed by atoms with van der Waals surface area (Å²) in [5.41, 5.74) is 7.16. The molecule has 0 atom stereocenters. The molecular formula is C22H20ClF3N6O. The number of carbonyl (C=O) groups is 1. The van der Waals surface area contributed by atoms with Crippen LogP contribution in [0, 0.1) is 22.9 Å². The van der Waals surface area contributed by atoms with Gasteiger partial charge < -0.3 is 16.0 Å². The van der Waals surface area contributed by atoms with Gasteiger partial charge in [-0.1, -0.05) is 11.6 Å². The molecule has 1 spiro atoms. The number of carbonyl (C=O) groups excluding carboxylic acids is 1. The Kier molecular flexibility index (Phi) is 5.00. The zero-order chi connectivity index (χ0) is 23.5.